The maximum Gasteiger partial charge on any atom is 0.482 e. The highest BCUT2D eigenvalue weighted by Gasteiger charge is 2.69. The van der Waals surface area contributed by atoms with Crippen LogP contribution in [-0.4, -0.2) is 54.8 Å². The van der Waals surface area contributed by atoms with Crippen LogP contribution in [-0.2, 0) is 14.1 Å². The van der Waals surface area contributed by atoms with E-state index in [1.54, 1.807) is 0 Å². The van der Waals surface area contributed by atoms with Crippen LogP contribution in [0, 0.1) is 17.3 Å². The van der Waals surface area contributed by atoms with Gasteiger partial charge in [-0.3, -0.25) is 4.79 Å². The molecule has 1 amide bonds. The number of hydrogen-bond acceptors (Lipinski definition) is 4. The third-order valence-electron chi connectivity index (χ3n) is 7.07. The molecule has 0 radical (unpaired) electrons. The van der Waals surface area contributed by atoms with Gasteiger partial charge in [-0.2, -0.15) is 0 Å². The van der Waals surface area contributed by atoms with Crippen LogP contribution in [0.5, 0.6) is 0 Å². The number of nitrogens with zero attached hydrogens (tertiary/aromatic N) is 1. The van der Waals surface area contributed by atoms with Gasteiger partial charge in [-0.25, -0.2) is 4.39 Å². The molecule has 3 saturated carbocycles. The van der Waals surface area contributed by atoms with Crippen LogP contribution in [0.25, 0.3) is 0 Å². The Kier molecular flexibility index (Phi) is 3.40. The first-order valence-corrected chi connectivity index (χ1v) is 8.74. The number of nitrogens with two attached hydrogens (primary N) is 1. The first kappa shape index (κ1) is 15.8. The van der Waals surface area contributed by atoms with E-state index in [2.05, 4.69) is 20.8 Å². The second kappa shape index (κ2) is 4.93. The van der Waals surface area contributed by atoms with E-state index >= 15 is 0 Å². The van der Waals surface area contributed by atoms with Crippen molar-refractivity contribution in [3.8, 4) is 0 Å². The second-order valence-corrected chi connectivity index (χ2v) is 8.49. The van der Waals surface area contributed by atoms with Crippen molar-refractivity contribution in [2.45, 2.75) is 63.9 Å². The van der Waals surface area contributed by atoms with Crippen molar-refractivity contribution in [2.75, 3.05) is 13.1 Å². The molecule has 5 fully saturated rings. The molecule has 0 aromatic carbocycles. The molecule has 5 rings (SSSR count). The largest absolute Gasteiger partial charge is 0.482 e. The van der Waals surface area contributed by atoms with Gasteiger partial charge in [-0.1, -0.05) is 13.8 Å². The SMILES string of the molecule is CC1(C)C2CC3OB(C4CC(F)CN4C(=O)CN)OC3(C)C1C2. The molecule has 0 aromatic rings. The molecule has 5 aliphatic rings. The molecule has 128 valence electrons. The number of alkyl halides is 1. The Morgan fingerprint density at radius 2 is 2.09 bits per heavy atom. The van der Waals surface area contributed by atoms with Gasteiger partial charge in [-0.15, -0.1) is 0 Å². The summed E-state index contributed by atoms with van der Waals surface area (Å²) in [5.41, 5.74) is 5.42. The molecular formula is C16H26BFN2O3. The summed E-state index contributed by atoms with van der Waals surface area (Å²) in [5.74, 6) is 0.549. The summed E-state index contributed by atoms with van der Waals surface area (Å²) in [6.45, 7) is 6.75. The van der Waals surface area contributed by atoms with Crippen LogP contribution < -0.4 is 5.73 Å². The van der Waals surface area contributed by atoms with Crippen LogP contribution in [0.4, 0.5) is 4.39 Å². The van der Waals surface area contributed by atoms with Gasteiger partial charge in [0.05, 0.1) is 30.7 Å². The normalized spacial score (nSPS) is 47.4. The van der Waals surface area contributed by atoms with Crippen LogP contribution in [0.2, 0.25) is 0 Å². The highest BCUT2D eigenvalue weighted by Crippen LogP contribution is 2.65. The Hall–Kier alpha value is -0.655. The Labute approximate surface area is 137 Å². The highest BCUT2D eigenvalue weighted by atomic mass is 19.1. The Morgan fingerprint density at radius 1 is 1.35 bits per heavy atom. The second-order valence-electron chi connectivity index (χ2n) is 8.49. The molecule has 2 saturated heterocycles. The zero-order valence-corrected chi connectivity index (χ0v) is 14.1. The third kappa shape index (κ3) is 2.06. The molecule has 7 heteroatoms. The van der Waals surface area contributed by atoms with E-state index in [1.165, 1.54) is 11.3 Å². The summed E-state index contributed by atoms with van der Waals surface area (Å²) in [7, 11) is -0.531. The van der Waals surface area contributed by atoms with E-state index in [0.717, 1.165) is 6.42 Å². The van der Waals surface area contributed by atoms with Gasteiger partial charge in [-0.05, 0) is 43.4 Å². The summed E-state index contributed by atoms with van der Waals surface area (Å²) in [5, 5.41) is 0. The van der Waals surface area contributed by atoms with Gasteiger partial charge < -0.3 is 19.9 Å². The van der Waals surface area contributed by atoms with Crippen molar-refractivity contribution >= 4 is 13.0 Å². The summed E-state index contributed by atoms with van der Waals surface area (Å²) in [6, 6.07) is 0. The third-order valence-corrected chi connectivity index (χ3v) is 7.07. The van der Waals surface area contributed by atoms with E-state index in [4.69, 9.17) is 15.0 Å². The first-order chi connectivity index (χ1) is 10.8. The number of carbonyl (C=O) groups excluding carboxylic acids is 1. The maximum atomic E-state index is 13.9. The van der Waals surface area contributed by atoms with Crippen molar-refractivity contribution in [1.29, 1.82) is 0 Å². The lowest BCUT2D eigenvalue weighted by atomic mass is 9.43. The number of rotatable bonds is 2. The summed E-state index contributed by atoms with van der Waals surface area (Å²) >= 11 is 0. The molecule has 23 heavy (non-hydrogen) atoms. The van der Waals surface area contributed by atoms with Gasteiger partial charge in [0.25, 0.3) is 0 Å². The number of amides is 1. The van der Waals surface area contributed by atoms with Gasteiger partial charge in [0.15, 0.2) is 0 Å². The number of carbonyl (C=O) groups is 1. The van der Waals surface area contributed by atoms with Gasteiger partial charge in [0.1, 0.15) is 6.17 Å². The van der Waals surface area contributed by atoms with Crippen molar-refractivity contribution in [3.05, 3.63) is 0 Å². The minimum atomic E-state index is -1.02. The summed E-state index contributed by atoms with van der Waals surface area (Å²) in [4.78, 5) is 13.5. The van der Waals surface area contributed by atoms with E-state index < -0.39 is 13.3 Å². The molecule has 0 aromatic heterocycles. The zero-order chi connectivity index (χ0) is 16.6. The van der Waals surface area contributed by atoms with Crippen molar-refractivity contribution in [2.24, 2.45) is 23.0 Å². The molecule has 2 heterocycles. The minimum Gasteiger partial charge on any atom is -0.404 e. The Morgan fingerprint density at radius 3 is 2.74 bits per heavy atom. The molecule has 3 aliphatic carbocycles. The minimum absolute atomic E-state index is 0.0535. The van der Waals surface area contributed by atoms with Crippen molar-refractivity contribution < 1.29 is 18.5 Å². The molecule has 6 atom stereocenters. The van der Waals surface area contributed by atoms with Gasteiger partial charge >= 0.3 is 7.12 Å². The average Bonchev–Trinajstić information content (AvgIpc) is 3.05. The van der Waals surface area contributed by atoms with Crippen LogP contribution in [0.3, 0.4) is 0 Å². The van der Waals surface area contributed by atoms with Crippen molar-refractivity contribution in [1.82, 2.24) is 4.90 Å². The topological polar surface area (TPSA) is 64.8 Å². The van der Waals surface area contributed by atoms with Gasteiger partial charge in [0.2, 0.25) is 5.91 Å². The van der Waals surface area contributed by atoms with E-state index in [-0.39, 0.29) is 48.5 Å². The molecule has 2 N–H and O–H groups in total. The molecule has 2 aliphatic heterocycles. The average molecular weight is 324 g/mol. The molecule has 2 bridgehead atoms. The van der Waals surface area contributed by atoms with Gasteiger partial charge in [0, 0.05) is 0 Å². The fourth-order valence-corrected chi connectivity index (χ4v) is 5.54. The highest BCUT2D eigenvalue weighted by molar-refractivity contribution is 6.48. The van der Waals surface area contributed by atoms with E-state index in [0.29, 0.717) is 11.8 Å². The molecule has 6 unspecified atom stereocenters. The van der Waals surface area contributed by atoms with Crippen LogP contribution in [0.15, 0.2) is 0 Å². The molecular weight excluding hydrogens is 298 g/mol. The lowest BCUT2D eigenvalue weighted by Crippen LogP contribution is -2.65. The predicted molar refractivity (Wildman–Crippen MR) is 84.2 cm³/mol. The fraction of sp³-hybridized carbons (Fsp3) is 0.938. The van der Waals surface area contributed by atoms with Crippen molar-refractivity contribution in [3.63, 3.8) is 0 Å². The number of halogens is 1. The van der Waals surface area contributed by atoms with Crippen LogP contribution in [0.1, 0.15) is 40.0 Å². The smallest absolute Gasteiger partial charge is 0.404 e. The molecule has 0 spiro atoms. The van der Waals surface area contributed by atoms with E-state index in [1.807, 2.05) is 0 Å². The predicted octanol–water partition coefficient (Wildman–Crippen LogP) is 1.15. The van der Waals surface area contributed by atoms with Crippen LogP contribution >= 0.6 is 0 Å². The number of likely N-dealkylation sites (tertiary alicyclic amines) is 1. The number of hydrogen-bond donors (Lipinski definition) is 1. The monoisotopic (exact) mass is 324 g/mol. The molecule has 5 nitrogen and oxygen atoms in total. The Balaban J connectivity index is 1.55. The standard InChI is InChI=1S/C16H26BFN2O3/c1-15(2)9-4-11(15)16(3)12(5-9)22-17(23-16)13-6-10(18)8-20(13)14(21)7-19/h9-13H,4-8,19H2,1-3H3. The Bertz CT molecular complexity index is 533. The lowest BCUT2D eigenvalue weighted by Gasteiger charge is -2.64. The zero-order valence-electron chi connectivity index (χ0n) is 14.1. The maximum absolute atomic E-state index is 13.9. The lowest BCUT2D eigenvalue weighted by molar-refractivity contribution is -0.199. The quantitative estimate of drug-likeness (QED) is 0.774. The summed E-state index contributed by atoms with van der Waals surface area (Å²) in [6.07, 6.45) is 1.47. The van der Waals surface area contributed by atoms with E-state index in [9.17, 15) is 9.18 Å². The first-order valence-electron chi connectivity index (χ1n) is 8.74. The summed E-state index contributed by atoms with van der Waals surface area (Å²) < 4.78 is 26.5. The fourth-order valence-electron chi connectivity index (χ4n) is 5.54.